The van der Waals surface area contributed by atoms with Gasteiger partial charge in [0, 0.05) is 24.6 Å². The molecular formula is C24H23F2NO5S. The molecule has 2 aliphatic heterocycles. The molecule has 2 fully saturated rings. The number of carbonyl (C=O) groups is 3. The van der Waals surface area contributed by atoms with Crippen LogP contribution in [-0.2, 0) is 25.7 Å². The Bertz CT molecular complexity index is 1080. The number of ketones is 2. The first-order valence-electron chi connectivity index (χ1n) is 10.6. The number of aliphatic carboxylic acids is 1. The molecule has 4 rings (SSSR count). The van der Waals surface area contributed by atoms with E-state index in [0.717, 1.165) is 24.1 Å². The number of nitrogens with zero attached hydrogens (tertiary/aromatic N) is 1. The first-order valence-corrected chi connectivity index (χ1v) is 11.5. The number of ether oxygens (including phenoxy) is 1. The van der Waals surface area contributed by atoms with Gasteiger partial charge in [-0.3, -0.25) is 14.4 Å². The molecule has 0 bridgehead atoms. The van der Waals surface area contributed by atoms with Gasteiger partial charge in [0.2, 0.25) is 11.6 Å². The lowest BCUT2D eigenvalue weighted by molar-refractivity contribution is -0.146. The third-order valence-corrected chi connectivity index (χ3v) is 7.61. The predicted molar refractivity (Wildman–Crippen MR) is 117 cm³/mol. The van der Waals surface area contributed by atoms with E-state index >= 15 is 8.78 Å². The van der Waals surface area contributed by atoms with Crippen molar-refractivity contribution in [2.24, 2.45) is 5.92 Å². The fourth-order valence-electron chi connectivity index (χ4n) is 4.27. The highest BCUT2D eigenvalue weighted by Crippen LogP contribution is 2.40. The zero-order chi connectivity index (χ0) is 23.7. The summed E-state index contributed by atoms with van der Waals surface area (Å²) in [4.78, 5) is 36.7. The number of halogens is 2. The molecule has 6 nitrogen and oxygen atoms in total. The number of Topliss-reactive ketones (excluding diaryl/α,β-unsaturated/α-hetero) is 2. The Hall–Kier alpha value is -2.62. The summed E-state index contributed by atoms with van der Waals surface area (Å²) < 4.78 is 37.0. The molecule has 174 valence electrons. The van der Waals surface area contributed by atoms with Crippen LogP contribution in [0.5, 0.6) is 0 Å². The van der Waals surface area contributed by atoms with Crippen molar-refractivity contribution in [1.29, 1.82) is 0 Å². The maximum absolute atomic E-state index is 15.0. The van der Waals surface area contributed by atoms with Crippen LogP contribution >= 0.6 is 11.9 Å². The van der Waals surface area contributed by atoms with E-state index < -0.39 is 52.3 Å². The molecular weight excluding hydrogens is 452 g/mol. The summed E-state index contributed by atoms with van der Waals surface area (Å²) in [6, 6.07) is 10.1. The fraction of sp³-hybridized carbons (Fsp3) is 0.375. The van der Waals surface area contributed by atoms with Crippen LogP contribution in [0, 0.1) is 17.6 Å². The second-order valence-corrected chi connectivity index (χ2v) is 9.41. The molecule has 2 aromatic carbocycles. The summed E-state index contributed by atoms with van der Waals surface area (Å²) in [5.74, 6) is -5.23. The van der Waals surface area contributed by atoms with Crippen LogP contribution in [0.15, 0.2) is 42.5 Å². The zero-order valence-corrected chi connectivity index (χ0v) is 18.7. The van der Waals surface area contributed by atoms with Crippen molar-refractivity contribution in [3.8, 4) is 0 Å². The first-order chi connectivity index (χ1) is 15.8. The minimum atomic E-state index is -1.07. The van der Waals surface area contributed by atoms with Crippen LogP contribution in [0.3, 0.4) is 0 Å². The molecule has 1 N–H and O–H groups in total. The van der Waals surface area contributed by atoms with E-state index in [0.29, 0.717) is 5.56 Å². The molecule has 0 aromatic heterocycles. The Balaban J connectivity index is 1.59. The maximum atomic E-state index is 15.0. The molecule has 2 aliphatic rings. The van der Waals surface area contributed by atoms with Crippen molar-refractivity contribution >= 4 is 29.5 Å². The summed E-state index contributed by atoms with van der Waals surface area (Å²) in [7, 11) is 0. The average Bonchev–Trinajstić information content (AvgIpc) is 2.82. The minimum absolute atomic E-state index is 0.00104. The number of benzene rings is 2. The van der Waals surface area contributed by atoms with E-state index in [4.69, 9.17) is 4.74 Å². The molecule has 4 atom stereocenters. The molecule has 2 aromatic rings. The summed E-state index contributed by atoms with van der Waals surface area (Å²) in [5, 5.41) is 8.70. The number of carboxylic acids is 1. The molecule has 0 aliphatic carbocycles. The van der Waals surface area contributed by atoms with Gasteiger partial charge in [-0.2, -0.15) is 0 Å². The van der Waals surface area contributed by atoms with Gasteiger partial charge < -0.3 is 9.84 Å². The normalized spacial score (nSPS) is 26.4. The number of rotatable bonds is 5. The van der Waals surface area contributed by atoms with Crippen LogP contribution in [0.25, 0.3) is 0 Å². The van der Waals surface area contributed by atoms with Crippen molar-refractivity contribution in [3.63, 3.8) is 0 Å². The third kappa shape index (κ3) is 4.71. The standard InChI is InChI=1S/C24H23F2NO5S/c1-13-21(28)22(29)23(14-5-3-2-4-6-14)33-27(13)11-15-9-20(26)17(10-19(15)25)18-12-32-8-7-16(18)24(30)31/h2-6,9-10,13,16,18,23H,7-8,11-12H2,1H3,(H,30,31)/t13-,16+,18+,23+/m0/s1. The summed E-state index contributed by atoms with van der Waals surface area (Å²) in [6.07, 6.45) is 0.224. The number of carboxylic acid groups (broad SMARTS) is 1. The van der Waals surface area contributed by atoms with Gasteiger partial charge in [-0.1, -0.05) is 42.3 Å². The zero-order valence-electron chi connectivity index (χ0n) is 17.9. The first kappa shape index (κ1) is 23.5. The quantitative estimate of drug-likeness (QED) is 0.519. The highest BCUT2D eigenvalue weighted by atomic mass is 32.2. The SMILES string of the molecule is C[C@H]1C(=O)C(=O)[C@@H](c2ccccc2)SN1Cc1cc(F)c([C@@H]2COCC[C@H]2C(=O)O)cc1F. The fourth-order valence-corrected chi connectivity index (χ4v) is 5.52. The molecule has 0 spiro atoms. The van der Waals surface area contributed by atoms with Crippen molar-refractivity contribution in [3.05, 3.63) is 70.8 Å². The maximum Gasteiger partial charge on any atom is 0.307 e. The molecule has 0 unspecified atom stereocenters. The van der Waals surface area contributed by atoms with Gasteiger partial charge in [0.1, 0.15) is 16.9 Å². The van der Waals surface area contributed by atoms with E-state index in [2.05, 4.69) is 0 Å². The Morgan fingerprint density at radius 1 is 1.15 bits per heavy atom. The Labute approximate surface area is 194 Å². The summed E-state index contributed by atoms with van der Waals surface area (Å²) in [5.41, 5.74) is 0.654. The van der Waals surface area contributed by atoms with E-state index in [-0.39, 0.29) is 37.3 Å². The van der Waals surface area contributed by atoms with Crippen molar-refractivity contribution < 1.29 is 33.0 Å². The second-order valence-electron chi connectivity index (χ2n) is 8.26. The summed E-state index contributed by atoms with van der Waals surface area (Å²) in [6.45, 7) is 1.73. The molecule has 0 radical (unpaired) electrons. The van der Waals surface area contributed by atoms with Crippen LogP contribution in [0.4, 0.5) is 8.78 Å². The third-order valence-electron chi connectivity index (χ3n) is 6.20. The average molecular weight is 476 g/mol. The van der Waals surface area contributed by atoms with Gasteiger partial charge in [0.05, 0.1) is 18.6 Å². The van der Waals surface area contributed by atoms with Gasteiger partial charge in [-0.15, -0.1) is 0 Å². The van der Waals surface area contributed by atoms with Crippen LogP contribution in [0.1, 0.15) is 41.2 Å². The Kier molecular flexibility index (Phi) is 6.92. The lowest BCUT2D eigenvalue weighted by atomic mass is 9.82. The molecule has 9 heteroatoms. The topological polar surface area (TPSA) is 83.9 Å². The molecule has 0 saturated carbocycles. The van der Waals surface area contributed by atoms with Crippen LogP contribution in [-0.4, -0.2) is 46.2 Å². The molecule has 2 heterocycles. The van der Waals surface area contributed by atoms with Crippen molar-refractivity contribution in [2.75, 3.05) is 13.2 Å². The van der Waals surface area contributed by atoms with Crippen molar-refractivity contribution in [1.82, 2.24) is 4.31 Å². The van der Waals surface area contributed by atoms with Gasteiger partial charge in [-0.25, -0.2) is 13.1 Å². The molecule has 2 saturated heterocycles. The minimum Gasteiger partial charge on any atom is -0.481 e. The number of hydrogen-bond donors (Lipinski definition) is 1. The predicted octanol–water partition coefficient (Wildman–Crippen LogP) is 3.90. The Morgan fingerprint density at radius 3 is 2.58 bits per heavy atom. The lowest BCUT2D eigenvalue weighted by Gasteiger charge is -2.35. The van der Waals surface area contributed by atoms with Gasteiger partial charge in [0.15, 0.2) is 0 Å². The van der Waals surface area contributed by atoms with Crippen molar-refractivity contribution in [2.45, 2.75) is 37.1 Å². The largest absolute Gasteiger partial charge is 0.481 e. The molecule has 0 amide bonds. The highest BCUT2D eigenvalue weighted by Gasteiger charge is 2.41. The van der Waals surface area contributed by atoms with Gasteiger partial charge >= 0.3 is 5.97 Å². The van der Waals surface area contributed by atoms with E-state index in [1.54, 1.807) is 41.6 Å². The van der Waals surface area contributed by atoms with Gasteiger partial charge in [0.25, 0.3) is 0 Å². The van der Waals surface area contributed by atoms with Crippen LogP contribution < -0.4 is 0 Å². The van der Waals surface area contributed by atoms with Gasteiger partial charge in [-0.05, 0) is 36.6 Å². The van der Waals surface area contributed by atoms with E-state index in [1.165, 1.54) is 0 Å². The molecule has 33 heavy (non-hydrogen) atoms. The monoisotopic (exact) mass is 475 g/mol. The number of hydrogen-bond acceptors (Lipinski definition) is 6. The van der Waals surface area contributed by atoms with E-state index in [9.17, 15) is 19.5 Å². The Morgan fingerprint density at radius 2 is 1.88 bits per heavy atom. The number of carbonyl (C=O) groups excluding carboxylic acids is 2. The van der Waals surface area contributed by atoms with E-state index in [1.807, 2.05) is 0 Å². The highest BCUT2D eigenvalue weighted by molar-refractivity contribution is 7.98. The smallest absolute Gasteiger partial charge is 0.307 e. The van der Waals surface area contributed by atoms with Crippen LogP contribution in [0.2, 0.25) is 0 Å². The lowest BCUT2D eigenvalue weighted by Crippen LogP contribution is -2.45. The summed E-state index contributed by atoms with van der Waals surface area (Å²) >= 11 is 1.13. The second kappa shape index (κ2) is 9.70.